The molecule has 4 aromatic rings. The number of nitrogens with one attached hydrogen (secondary N) is 3. The van der Waals surface area contributed by atoms with E-state index in [0.717, 1.165) is 10.9 Å². The molecule has 2 fully saturated rings. The molecule has 8 unspecified atom stereocenters. The average molecular weight is 840 g/mol. The first-order valence-electron chi connectivity index (χ1n) is 20.9. The number of benzene rings is 2. The van der Waals surface area contributed by atoms with Gasteiger partial charge < -0.3 is 30.0 Å². The Bertz CT molecular complexity index is 2190. The van der Waals surface area contributed by atoms with E-state index in [4.69, 9.17) is 16.6 Å². The molecule has 320 valence electrons. The van der Waals surface area contributed by atoms with Crippen LogP contribution in [0, 0.1) is 23.6 Å². The van der Waals surface area contributed by atoms with Gasteiger partial charge in [0.15, 0.2) is 5.82 Å². The van der Waals surface area contributed by atoms with E-state index in [1.54, 1.807) is 44.0 Å². The number of aromatic amines is 1. The second-order valence-electron chi connectivity index (χ2n) is 16.8. The molecule has 0 radical (unpaired) electrons. The standard InChI is InChI=1S/C44H57ClF3N7O4/c1-8-24(5)42(57)52-39(23(3)4)44(59)54-21-30(48)17-32(54)22-55-37-13-11-28(46)18-36(37)51-41(55)40-34(33-12-10-27(45)15-35(33)50-40)19-31-16-29(47)20-53(31)43(58)26(9-2)14-38(56)25(6)49-7/h10-13,15,18,23-26,29-32,39,49-50H,8-9,14,16-17,19-22H2,1-7H3,(H,52,57). The van der Waals surface area contributed by atoms with Gasteiger partial charge in [-0.05, 0) is 69.0 Å². The van der Waals surface area contributed by atoms with Gasteiger partial charge in [0.25, 0.3) is 0 Å². The molecular weight excluding hydrogens is 783 g/mol. The molecule has 0 saturated carbocycles. The summed E-state index contributed by atoms with van der Waals surface area (Å²) in [5, 5.41) is 7.08. The minimum Gasteiger partial charge on any atom is -0.352 e. The highest BCUT2D eigenvalue weighted by molar-refractivity contribution is 6.31. The Balaban J connectivity index is 1.40. The first-order valence-corrected chi connectivity index (χ1v) is 21.3. The molecule has 4 heterocycles. The Labute approximate surface area is 348 Å². The fourth-order valence-corrected chi connectivity index (χ4v) is 8.75. The van der Waals surface area contributed by atoms with Gasteiger partial charge in [-0.2, -0.15) is 0 Å². The van der Waals surface area contributed by atoms with Crippen molar-refractivity contribution in [1.82, 2.24) is 35.0 Å². The number of likely N-dealkylation sites (tertiary alicyclic amines) is 2. The number of carbonyl (C=O) groups is 4. The van der Waals surface area contributed by atoms with E-state index >= 15 is 8.78 Å². The molecule has 6 rings (SSSR count). The highest BCUT2D eigenvalue weighted by atomic mass is 35.5. The maximum absolute atomic E-state index is 15.5. The van der Waals surface area contributed by atoms with Crippen LogP contribution >= 0.6 is 11.6 Å². The van der Waals surface area contributed by atoms with Crippen LogP contribution in [0.15, 0.2) is 36.4 Å². The normalized spacial score (nSPS) is 21.7. The first-order chi connectivity index (χ1) is 28.0. The summed E-state index contributed by atoms with van der Waals surface area (Å²) in [7, 11) is 1.69. The Morgan fingerprint density at radius 2 is 1.61 bits per heavy atom. The first kappa shape index (κ1) is 44.1. The molecular formula is C44H57ClF3N7O4. The van der Waals surface area contributed by atoms with E-state index in [9.17, 15) is 23.6 Å². The van der Waals surface area contributed by atoms with Crippen molar-refractivity contribution in [2.75, 3.05) is 20.1 Å². The number of likely N-dealkylation sites (N-methyl/N-ethyl adjacent to an activating group) is 1. The van der Waals surface area contributed by atoms with Crippen molar-refractivity contribution in [2.45, 2.75) is 123 Å². The molecule has 0 spiro atoms. The Morgan fingerprint density at radius 1 is 0.932 bits per heavy atom. The topological polar surface area (TPSA) is 132 Å². The van der Waals surface area contributed by atoms with E-state index < -0.39 is 48.2 Å². The molecule has 0 bridgehead atoms. The third kappa shape index (κ3) is 9.33. The van der Waals surface area contributed by atoms with Gasteiger partial charge in [0.05, 0.1) is 41.9 Å². The molecule has 2 aliphatic heterocycles. The summed E-state index contributed by atoms with van der Waals surface area (Å²) < 4.78 is 47.5. The second kappa shape index (κ2) is 18.5. The van der Waals surface area contributed by atoms with Crippen LogP contribution in [0.1, 0.15) is 79.2 Å². The molecule has 2 aliphatic rings. The van der Waals surface area contributed by atoms with Crippen molar-refractivity contribution in [3.63, 3.8) is 0 Å². The highest BCUT2D eigenvalue weighted by Crippen LogP contribution is 2.38. The van der Waals surface area contributed by atoms with Gasteiger partial charge in [-0.15, -0.1) is 0 Å². The number of H-pyrrole nitrogens is 1. The number of alkyl halides is 2. The molecule has 2 aromatic heterocycles. The van der Waals surface area contributed by atoms with E-state index in [1.165, 1.54) is 17.0 Å². The maximum atomic E-state index is 15.5. The third-order valence-electron chi connectivity index (χ3n) is 12.4. The molecule has 0 aliphatic carbocycles. The van der Waals surface area contributed by atoms with Crippen molar-refractivity contribution in [3.05, 3.63) is 52.8 Å². The summed E-state index contributed by atoms with van der Waals surface area (Å²) in [4.78, 5) is 65.7. The third-order valence-corrected chi connectivity index (χ3v) is 12.7. The maximum Gasteiger partial charge on any atom is 0.245 e. The fraction of sp³-hybridized carbons (Fsp3) is 0.568. The van der Waals surface area contributed by atoms with Crippen LogP contribution in [-0.2, 0) is 32.1 Å². The Hall–Kier alpha value is -4.43. The zero-order valence-corrected chi connectivity index (χ0v) is 35.7. The van der Waals surface area contributed by atoms with E-state index in [-0.39, 0.29) is 80.7 Å². The number of nitrogens with zero attached hydrogens (tertiary/aromatic N) is 4. The van der Waals surface area contributed by atoms with Crippen LogP contribution in [0.4, 0.5) is 13.2 Å². The number of carbonyl (C=O) groups excluding carboxylic acids is 4. The quantitative estimate of drug-likeness (QED) is 0.110. The van der Waals surface area contributed by atoms with E-state index in [2.05, 4.69) is 15.6 Å². The second-order valence-corrected chi connectivity index (χ2v) is 17.3. The van der Waals surface area contributed by atoms with Crippen LogP contribution in [0.25, 0.3) is 33.5 Å². The van der Waals surface area contributed by atoms with Crippen LogP contribution in [-0.4, -0.2) is 104 Å². The van der Waals surface area contributed by atoms with Crippen molar-refractivity contribution in [3.8, 4) is 11.5 Å². The predicted octanol–water partition coefficient (Wildman–Crippen LogP) is 7.18. The number of halogens is 4. The molecule has 2 saturated heterocycles. The summed E-state index contributed by atoms with van der Waals surface area (Å²) in [6.45, 7) is 10.8. The Morgan fingerprint density at radius 3 is 2.25 bits per heavy atom. The van der Waals surface area contributed by atoms with Gasteiger partial charge in [0, 0.05) is 65.7 Å². The van der Waals surface area contributed by atoms with Gasteiger partial charge in [0.1, 0.15) is 30.0 Å². The summed E-state index contributed by atoms with van der Waals surface area (Å²) in [5.41, 5.74) is 2.82. The number of aromatic nitrogens is 3. The van der Waals surface area contributed by atoms with Gasteiger partial charge in [0.2, 0.25) is 17.7 Å². The van der Waals surface area contributed by atoms with Gasteiger partial charge >= 0.3 is 0 Å². The van der Waals surface area contributed by atoms with Crippen molar-refractivity contribution >= 4 is 57.0 Å². The lowest BCUT2D eigenvalue weighted by Crippen LogP contribution is -2.54. The predicted molar refractivity (Wildman–Crippen MR) is 224 cm³/mol. The van der Waals surface area contributed by atoms with Gasteiger partial charge in [-0.1, -0.05) is 52.3 Å². The summed E-state index contributed by atoms with van der Waals surface area (Å²) >= 11 is 6.48. The number of rotatable bonds is 16. The molecule has 8 atom stereocenters. The zero-order valence-electron chi connectivity index (χ0n) is 35.0. The molecule has 2 aromatic carbocycles. The molecule has 11 nitrogen and oxygen atoms in total. The molecule has 59 heavy (non-hydrogen) atoms. The number of imidazole rings is 1. The molecule has 3 amide bonds. The fourth-order valence-electron chi connectivity index (χ4n) is 8.58. The number of amides is 3. The highest BCUT2D eigenvalue weighted by Gasteiger charge is 2.42. The largest absolute Gasteiger partial charge is 0.352 e. The van der Waals surface area contributed by atoms with Crippen molar-refractivity contribution < 1.29 is 32.3 Å². The molecule has 3 N–H and O–H groups in total. The monoisotopic (exact) mass is 839 g/mol. The minimum atomic E-state index is -1.31. The van der Waals surface area contributed by atoms with Crippen molar-refractivity contribution in [2.24, 2.45) is 17.8 Å². The average Bonchev–Trinajstić information content (AvgIpc) is 3.96. The lowest BCUT2D eigenvalue weighted by molar-refractivity contribution is -0.139. The van der Waals surface area contributed by atoms with Crippen molar-refractivity contribution in [1.29, 1.82) is 0 Å². The zero-order chi connectivity index (χ0) is 42.9. The molecule has 15 heteroatoms. The van der Waals surface area contributed by atoms with E-state index in [0.29, 0.717) is 45.9 Å². The van der Waals surface area contributed by atoms with Crippen LogP contribution in [0.2, 0.25) is 5.02 Å². The van der Waals surface area contributed by atoms with Gasteiger partial charge in [-0.25, -0.2) is 18.2 Å². The van der Waals surface area contributed by atoms with Crippen LogP contribution < -0.4 is 10.6 Å². The SMILES string of the molecule is CCC(C)C(=O)NC(C(=O)N1CC(F)CC1Cn1c(-c2[nH]c3cc(Cl)ccc3c2CC2CC(F)CN2C(=O)C(CC)CC(=O)C(C)NC)nc2cc(F)ccc21)C(C)C. The number of hydrogen-bond acceptors (Lipinski definition) is 6. The van der Waals surface area contributed by atoms with Gasteiger partial charge in [-0.3, -0.25) is 19.2 Å². The summed E-state index contributed by atoms with van der Waals surface area (Å²) in [6.07, 6.45) is -1.17. The van der Waals surface area contributed by atoms with E-state index in [1.807, 2.05) is 38.3 Å². The van der Waals surface area contributed by atoms with Crippen LogP contribution in [0.3, 0.4) is 0 Å². The number of ketones is 1. The lowest BCUT2D eigenvalue weighted by Gasteiger charge is -2.32. The summed E-state index contributed by atoms with van der Waals surface area (Å²) in [6, 6.07) is 7.11. The Kier molecular flexibility index (Phi) is 13.8. The minimum absolute atomic E-state index is 0.0383. The summed E-state index contributed by atoms with van der Waals surface area (Å²) in [5.74, 6) is -2.28. The van der Waals surface area contributed by atoms with Crippen LogP contribution in [0.5, 0.6) is 0 Å². The smallest absolute Gasteiger partial charge is 0.245 e. The number of fused-ring (bicyclic) bond motifs is 2. The number of hydrogen-bond donors (Lipinski definition) is 3. The number of Topliss-reactive ketones (excluding diaryl/α,β-unsaturated/α-hetero) is 1. The lowest BCUT2D eigenvalue weighted by atomic mass is 9.94.